The Morgan fingerprint density at radius 1 is 1.31 bits per heavy atom. The van der Waals surface area contributed by atoms with Crippen molar-refractivity contribution in [1.82, 2.24) is 0 Å². The van der Waals surface area contributed by atoms with Gasteiger partial charge < -0.3 is 19.4 Å². The minimum atomic E-state index is -4.64. The smallest absolute Gasteiger partial charge is 0.463 e. The first-order valence-electron chi connectivity index (χ1n) is 4.88. The van der Waals surface area contributed by atoms with Crippen LogP contribution in [0.3, 0.4) is 0 Å². The van der Waals surface area contributed by atoms with Gasteiger partial charge in [0.25, 0.3) is 0 Å². The van der Waals surface area contributed by atoms with Crippen LogP contribution in [0, 0.1) is 0 Å². The third-order valence-corrected chi connectivity index (χ3v) is 1.41. The van der Waals surface area contributed by atoms with Crippen molar-refractivity contribution in [2.45, 2.75) is 32.6 Å². The van der Waals surface area contributed by atoms with E-state index in [2.05, 4.69) is 13.5 Å². The third kappa shape index (κ3) is 29.2. The van der Waals surface area contributed by atoms with E-state index in [-0.39, 0.29) is 5.97 Å². The van der Waals surface area contributed by atoms with E-state index in [1.165, 1.54) is 18.9 Å². The minimum Gasteiger partial charge on any atom is -0.463 e. The molecule has 3 N–H and O–H groups in total. The van der Waals surface area contributed by atoms with Crippen molar-refractivity contribution in [3.63, 3.8) is 0 Å². The fourth-order valence-electron chi connectivity index (χ4n) is 0.761. The number of phosphoric acid groups is 1. The van der Waals surface area contributed by atoms with Crippen LogP contribution in [0.4, 0.5) is 0 Å². The molecular weight excluding hydrogens is 235 g/mol. The van der Waals surface area contributed by atoms with Gasteiger partial charge in [0.1, 0.15) is 0 Å². The zero-order chi connectivity index (χ0) is 13.0. The third-order valence-electron chi connectivity index (χ3n) is 1.41. The fraction of sp³-hybridized carbons (Fsp3) is 0.667. The zero-order valence-electron chi connectivity index (χ0n) is 9.33. The van der Waals surface area contributed by atoms with Gasteiger partial charge in [-0.05, 0) is 6.42 Å². The SMILES string of the molecule is C=CC(=O)OCCCCCC.O=P(O)(O)O. The van der Waals surface area contributed by atoms with Gasteiger partial charge in [-0.1, -0.05) is 32.8 Å². The molecule has 6 nitrogen and oxygen atoms in total. The summed E-state index contributed by atoms with van der Waals surface area (Å²) in [6.45, 7) is 5.98. The fourth-order valence-corrected chi connectivity index (χ4v) is 0.761. The summed E-state index contributed by atoms with van der Waals surface area (Å²) in [5.74, 6) is -0.318. The Hall–Kier alpha value is -0.680. The molecule has 0 aliphatic heterocycles. The Kier molecular flexibility index (Phi) is 12.0. The van der Waals surface area contributed by atoms with Crippen molar-refractivity contribution in [2.75, 3.05) is 6.61 Å². The molecule has 0 rings (SSSR count). The maximum atomic E-state index is 10.5. The van der Waals surface area contributed by atoms with E-state index in [1.54, 1.807) is 0 Å². The maximum Gasteiger partial charge on any atom is 0.466 e. The number of rotatable bonds is 6. The topological polar surface area (TPSA) is 104 Å². The van der Waals surface area contributed by atoms with E-state index in [4.69, 9.17) is 24.0 Å². The zero-order valence-corrected chi connectivity index (χ0v) is 10.2. The predicted octanol–water partition coefficient (Wildman–Crippen LogP) is 1.37. The summed E-state index contributed by atoms with van der Waals surface area (Å²) >= 11 is 0. The van der Waals surface area contributed by atoms with E-state index in [0.29, 0.717) is 6.61 Å². The van der Waals surface area contributed by atoms with Crippen molar-refractivity contribution in [1.29, 1.82) is 0 Å². The maximum absolute atomic E-state index is 10.5. The summed E-state index contributed by atoms with van der Waals surface area (Å²) in [6, 6.07) is 0. The average molecular weight is 254 g/mol. The number of hydrogen-bond acceptors (Lipinski definition) is 3. The van der Waals surface area contributed by atoms with Gasteiger partial charge in [0.15, 0.2) is 0 Å². The van der Waals surface area contributed by atoms with E-state index in [9.17, 15) is 4.79 Å². The molecule has 0 radical (unpaired) electrons. The summed E-state index contributed by atoms with van der Waals surface area (Å²) in [7, 11) is -4.64. The molecule has 16 heavy (non-hydrogen) atoms. The van der Waals surface area contributed by atoms with Crippen molar-refractivity contribution < 1.29 is 28.8 Å². The van der Waals surface area contributed by atoms with Crippen LogP contribution in [0.2, 0.25) is 0 Å². The molecule has 0 aliphatic carbocycles. The lowest BCUT2D eigenvalue weighted by Gasteiger charge is -1.99. The van der Waals surface area contributed by atoms with Crippen LogP contribution in [0.25, 0.3) is 0 Å². The monoisotopic (exact) mass is 254 g/mol. The molecule has 0 aromatic carbocycles. The number of ether oxygens (including phenoxy) is 1. The Bertz CT molecular complexity index is 226. The summed E-state index contributed by atoms with van der Waals surface area (Å²) in [5, 5.41) is 0. The lowest BCUT2D eigenvalue weighted by Crippen LogP contribution is -2.01. The molecule has 96 valence electrons. The summed E-state index contributed by atoms with van der Waals surface area (Å²) in [5.41, 5.74) is 0. The molecule has 0 unspecified atom stereocenters. The predicted molar refractivity (Wildman–Crippen MR) is 59.6 cm³/mol. The summed E-state index contributed by atoms with van der Waals surface area (Å²) in [4.78, 5) is 32.1. The van der Waals surface area contributed by atoms with Crippen molar-refractivity contribution in [3.05, 3.63) is 12.7 Å². The number of carbonyl (C=O) groups is 1. The number of unbranched alkanes of at least 4 members (excludes halogenated alkanes) is 3. The molecule has 0 aromatic heterocycles. The second-order valence-corrected chi connectivity index (χ2v) is 3.97. The highest BCUT2D eigenvalue weighted by molar-refractivity contribution is 7.45. The van der Waals surface area contributed by atoms with Gasteiger partial charge >= 0.3 is 13.8 Å². The van der Waals surface area contributed by atoms with Crippen LogP contribution in [-0.2, 0) is 14.1 Å². The number of carbonyl (C=O) groups excluding carboxylic acids is 1. The van der Waals surface area contributed by atoms with Crippen LogP contribution in [0.1, 0.15) is 32.6 Å². The van der Waals surface area contributed by atoms with Gasteiger partial charge in [-0.15, -0.1) is 0 Å². The highest BCUT2D eigenvalue weighted by atomic mass is 31.2. The molecule has 0 aromatic rings. The standard InChI is InChI=1S/C9H16O2.H3O4P/c1-3-5-6-7-8-11-9(10)4-2;1-5(2,3)4/h4H,2-3,5-8H2,1H3;(H3,1,2,3,4). The molecule has 7 heteroatoms. The summed E-state index contributed by atoms with van der Waals surface area (Å²) in [6.07, 6.45) is 5.72. The Balaban J connectivity index is 0. The highest BCUT2D eigenvalue weighted by Crippen LogP contribution is 2.25. The van der Waals surface area contributed by atoms with Gasteiger partial charge in [0, 0.05) is 6.08 Å². The minimum absolute atomic E-state index is 0.318. The van der Waals surface area contributed by atoms with Crippen molar-refractivity contribution in [2.24, 2.45) is 0 Å². The van der Waals surface area contributed by atoms with E-state index < -0.39 is 7.82 Å². The quantitative estimate of drug-likeness (QED) is 0.286. The largest absolute Gasteiger partial charge is 0.466 e. The van der Waals surface area contributed by atoms with Gasteiger partial charge in [-0.3, -0.25) is 0 Å². The molecular formula is C9H19O6P. The van der Waals surface area contributed by atoms with Crippen molar-refractivity contribution >= 4 is 13.8 Å². The van der Waals surface area contributed by atoms with Crippen molar-refractivity contribution in [3.8, 4) is 0 Å². The van der Waals surface area contributed by atoms with Crippen LogP contribution in [-0.4, -0.2) is 27.3 Å². The number of hydrogen-bond donors (Lipinski definition) is 3. The first-order chi connectivity index (χ1) is 7.31. The first kappa shape index (κ1) is 17.7. The van der Waals surface area contributed by atoms with Crippen LogP contribution >= 0.6 is 7.82 Å². The average Bonchev–Trinajstić information content (AvgIpc) is 2.14. The second kappa shape index (κ2) is 10.8. The molecule has 0 atom stereocenters. The molecule has 0 saturated heterocycles. The molecule has 0 aliphatic rings. The van der Waals surface area contributed by atoms with Gasteiger partial charge in [0.2, 0.25) is 0 Å². The van der Waals surface area contributed by atoms with Gasteiger partial charge in [-0.25, -0.2) is 9.36 Å². The molecule has 0 amide bonds. The first-order valence-corrected chi connectivity index (χ1v) is 6.45. The molecule has 0 heterocycles. The van der Waals surface area contributed by atoms with E-state index in [0.717, 1.165) is 12.8 Å². The van der Waals surface area contributed by atoms with Gasteiger partial charge in [0.05, 0.1) is 6.61 Å². The lowest BCUT2D eigenvalue weighted by molar-refractivity contribution is -0.137. The van der Waals surface area contributed by atoms with Gasteiger partial charge in [-0.2, -0.15) is 0 Å². The molecule has 0 bridgehead atoms. The van der Waals surface area contributed by atoms with Crippen LogP contribution < -0.4 is 0 Å². The van der Waals surface area contributed by atoms with Crippen LogP contribution in [0.5, 0.6) is 0 Å². The lowest BCUT2D eigenvalue weighted by atomic mass is 10.2. The Morgan fingerprint density at radius 3 is 2.19 bits per heavy atom. The molecule has 0 saturated carbocycles. The van der Waals surface area contributed by atoms with Crippen LogP contribution in [0.15, 0.2) is 12.7 Å². The number of esters is 1. The highest BCUT2D eigenvalue weighted by Gasteiger charge is 2.00. The normalized spacial score (nSPS) is 10.0. The van der Waals surface area contributed by atoms with E-state index in [1.807, 2.05) is 0 Å². The second-order valence-electron chi connectivity index (χ2n) is 2.95. The summed E-state index contributed by atoms with van der Waals surface area (Å²) < 4.78 is 13.7. The van der Waals surface area contributed by atoms with E-state index >= 15 is 0 Å². The Morgan fingerprint density at radius 2 is 1.81 bits per heavy atom. The Labute approximate surface area is 95.2 Å². The molecule has 0 spiro atoms. The molecule has 0 fully saturated rings.